The lowest BCUT2D eigenvalue weighted by molar-refractivity contribution is 0.00356. The number of anilines is 2. The zero-order chi connectivity index (χ0) is 21.7. The van der Waals surface area contributed by atoms with Crippen molar-refractivity contribution < 1.29 is 14.6 Å². The van der Waals surface area contributed by atoms with Crippen molar-refractivity contribution in [3.05, 3.63) is 48.2 Å². The van der Waals surface area contributed by atoms with Crippen LogP contribution in [-0.2, 0) is 0 Å². The quantitative estimate of drug-likeness (QED) is 0.748. The zero-order valence-corrected chi connectivity index (χ0v) is 18.2. The average molecular weight is 413 g/mol. The summed E-state index contributed by atoms with van der Waals surface area (Å²) < 4.78 is 5.30. The maximum atomic E-state index is 13.5. The first kappa shape index (κ1) is 22.1. The fourth-order valence-electron chi connectivity index (χ4n) is 4.01. The molecule has 1 aliphatic rings. The van der Waals surface area contributed by atoms with Gasteiger partial charge in [-0.05, 0) is 49.4 Å². The van der Waals surface area contributed by atoms with Gasteiger partial charge < -0.3 is 15.2 Å². The van der Waals surface area contributed by atoms with Crippen molar-refractivity contribution in [2.75, 3.05) is 30.4 Å². The molecule has 1 aromatic carbocycles. The number of likely N-dealkylation sites (tertiary alicyclic amines) is 1. The van der Waals surface area contributed by atoms with E-state index >= 15 is 0 Å². The van der Waals surface area contributed by atoms with Crippen molar-refractivity contribution in [1.29, 1.82) is 0 Å². The third-order valence-corrected chi connectivity index (χ3v) is 5.64. The molecule has 2 heterocycles. The van der Waals surface area contributed by atoms with Crippen molar-refractivity contribution in [3.8, 4) is 5.88 Å². The lowest BCUT2D eigenvalue weighted by Gasteiger charge is -2.40. The molecule has 2 N–H and O–H groups in total. The number of piperidine rings is 1. The number of hydrogen-bond donors (Lipinski definition) is 2. The molecule has 0 bridgehead atoms. The van der Waals surface area contributed by atoms with Gasteiger partial charge in [0.2, 0.25) is 5.88 Å². The zero-order valence-electron chi connectivity index (χ0n) is 18.2. The lowest BCUT2D eigenvalue weighted by atomic mass is 9.97. The molecule has 7 heteroatoms. The molecule has 0 saturated carbocycles. The van der Waals surface area contributed by atoms with E-state index in [0.717, 1.165) is 37.2 Å². The molecule has 1 fully saturated rings. The molecule has 2 amide bonds. The van der Waals surface area contributed by atoms with Crippen LogP contribution in [0.2, 0.25) is 0 Å². The number of ether oxygens (including phenoxy) is 1. The molecule has 3 rings (SSSR count). The third-order valence-electron chi connectivity index (χ3n) is 5.64. The predicted octanol–water partition coefficient (Wildman–Crippen LogP) is 4.05. The number of carbonyl (C=O) groups excluding carboxylic acids is 1. The first-order valence-electron chi connectivity index (χ1n) is 10.5. The van der Waals surface area contributed by atoms with Crippen molar-refractivity contribution in [3.63, 3.8) is 0 Å². The number of amides is 2. The highest BCUT2D eigenvalue weighted by atomic mass is 16.5. The Morgan fingerprint density at radius 1 is 1.20 bits per heavy atom. The molecule has 1 saturated heterocycles. The van der Waals surface area contributed by atoms with E-state index in [0.29, 0.717) is 11.6 Å². The number of nitrogens with zero attached hydrogens (tertiary/aromatic N) is 3. The lowest BCUT2D eigenvalue weighted by Crippen LogP contribution is -2.51. The van der Waals surface area contributed by atoms with Gasteiger partial charge in [0.05, 0.1) is 7.11 Å². The number of carbonyl (C=O) groups is 1. The summed E-state index contributed by atoms with van der Waals surface area (Å²) in [6, 6.07) is 11.4. The van der Waals surface area contributed by atoms with Gasteiger partial charge in [-0.15, -0.1) is 0 Å². The van der Waals surface area contributed by atoms with Crippen LogP contribution in [-0.4, -0.2) is 53.5 Å². The Labute approximate surface area is 178 Å². The summed E-state index contributed by atoms with van der Waals surface area (Å²) in [6.45, 7) is 7.54. The van der Waals surface area contributed by atoms with Crippen LogP contribution in [0.15, 0.2) is 42.6 Å². The number of pyridine rings is 1. The first-order valence-corrected chi connectivity index (χ1v) is 10.5. The largest absolute Gasteiger partial charge is 0.480 e. The summed E-state index contributed by atoms with van der Waals surface area (Å²) >= 11 is 0. The molecule has 2 aromatic rings. The second-order valence-corrected chi connectivity index (χ2v) is 7.97. The fraction of sp³-hybridized carbons (Fsp3) is 0.478. The van der Waals surface area contributed by atoms with Gasteiger partial charge in [-0.1, -0.05) is 32.0 Å². The molecule has 1 atom stereocenters. The normalized spacial score (nSPS) is 16.3. The maximum Gasteiger partial charge on any atom is 0.326 e. The summed E-state index contributed by atoms with van der Waals surface area (Å²) in [5.74, 6) is 0.661. The molecule has 1 aliphatic heterocycles. The minimum Gasteiger partial charge on any atom is -0.480 e. The molecular weight excluding hydrogens is 380 g/mol. The Morgan fingerprint density at radius 2 is 1.90 bits per heavy atom. The summed E-state index contributed by atoms with van der Waals surface area (Å²) in [4.78, 5) is 21.6. The number of nitrogens with one attached hydrogen (secondary N) is 1. The number of rotatable bonds is 6. The van der Waals surface area contributed by atoms with Crippen molar-refractivity contribution in [2.24, 2.45) is 0 Å². The van der Waals surface area contributed by atoms with Crippen LogP contribution in [0.5, 0.6) is 5.88 Å². The average Bonchev–Trinajstić information content (AvgIpc) is 2.75. The van der Waals surface area contributed by atoms with E-state index in [-0.39, 0.29) is 18.0 Å². The van der Waals surface area contributed by atoms with Crippen LogP contribution >= 0.6 is 0 Å². The van der Waals surface area contributed by atoms with Crippen molar-refractivity contribution in [2.45, 2.75) is 51.8 Å². The van der Waals surface area contributed by atoms with Gasteiger partial charge in [-0.25, -0.2) is 9.78 Å². The van der Waals surface area contributed by atoms with Gasteiger partial charge in [-0.2, -0.15) is 0 Å². The number of benzene rings is 1. The highest BCUT2D eigenvalue weighted by Gasteiger charge is 2.32. The molecule has 162 valence electrons. The smallest absolute Gasteiger partial charge is 0.326 e. The second-order valence-electron chi connectivity index (χ2n) is 7.97. The van der Waals surface area contributed by atoms with Gasteiger partial charge in [0.1, 0.15) is 11.9 Å². The Bertz CT molecular complexity index is 848. The Balaban J connectivity index is 1.93. The predicted molar refractivity (Wildman–Crippen MR) is 119 cm³/mol. The Kier molecular flexibility index (Phi) is 7.29. The maximum absolute atomic E-state index is 13.5. The summed E-state index contributed by atoms with van der Waals surface area (Å²) in [6.07, 6.45) is 2.73. The van der Waals surface area contributed by atoms with Crippen molar-refractivity contribution in [1.82, 2.24) is 9.88 Å². The van der Waals surface area contributed by atoms with E-state index in [9.17, 15) is 9.90 Å². The molecule has 1 unspecified atom stereocenters. The second kappa shape index (κ2) is 9.91. The van der Waals surface area contributed by atoms with Gasteiger partial charge in [0.25, 0.3) is 0 Å². The van der Waals surface area contributed by atoms with E-state index in [4.69, 9.17) is 4.74 Å². The number of methoxy groups -OCH3 is 1. The summed E-state index contributed by atoms with van der Waals surface area (Å²) in [5.41, 5.74) is 2.59. The van der Waals surface area contributed by atoms with Crippen LogP contribution in [0, 0.1) is 0 Å². The van der Waals surface area contributed by atoms with E-state index in [1.165, 1.54) is 7.11 Å². The van der Waals surface area contributed by atoms with Crippen LogP contribution in [0.4, 0.5) is 16.2 Å². The fourth-order valence-corrected chi connectivity index (χ4v) is 4.01. The minimum atomic E-state index is -0.476. The van der Waals surface area contributed by atoms with Gasteiger partial charge >= 0.3 is 6.03 Å². The van der Waals surface area contributed by atoms with Crippen LogP contribution in [0.1, 0.15) is 45.1 Å². The van der Waals surface area contributed by atoms with Gasteiger partial charge in [0, 0.05) is 31.0 Å². The summed E-state index contributed by atoms with van der Waals surface area (Å²) in [5, 5.41) is 12.9. The molecule has 0 radical (unpaired) electrons. The monoisotopic (exact) mass is 412 g/mol. The highest BCUT2D eigenvalue weighted by molar-refractivity contribution is 6.03. The summed E-state index contributed by atoms with van der Waals surface area (Å²) in [7, 11) is 1.54. The van der Waals surface area contributed by atoms with Crippen molar-refractivity contribution >= 4 is 17.4 Å². The van der Waals surface area contributed by atoms with E-state index in [1.54, 1.807) is 25.3 Å². The molecule has 7 nitrogen and oxygen atoms in total. The standard InChI is InChI=1S/C23H32N4O3/c1-16(2)19-8-5-6-10-21(19)27(18-11-14-26(15-12-18)17(3)28)23(29)25-20-9-7-13-24-22(20)30-4/h5-10,13,16-18,28H,11-12,14-15H2,1-4H3,(H,25,29). The Hall–Kier alpha value is -2.64. The molecule has 1 aromatic heterocycles. The number of para-hydroxylation sites is 1. The Morgan fingerprint density at radius 3 is 2.53 bits per heavy atom. The van der Waals surface area contributed by atoms with E-state index < -0.39 is 6.23 Å². The number of urea groups is 1. The van der Waals surface area contributed by atoms with Gasteiger partial charge in [0.15, 0.2) is 0 Å². The van der Waals surface area contributed by atoms with Crippen LogP contribution in [0.25, 0.3) is 0 Å². The number of aliphatic hydroxyl groups is 1. The highest BCUT2D eigenvalue weighted by Crippen LogP contribution is 2.33. The van der Waals surface area contributed by atoms with Gasteiger partial charge in [-0.3, -0.25) is 9.80 Å². The third kappa shape index (κ3) is 4.91. The number of aromatic nitrogens is 1. The first-order chi connectivity index (χ1) is 14.4. The van der Waals surface area contributed by atoms with E-state index in [2.05, 4.69) is 30.2 Å². The molecular formula is C23H32N4O3. The minimum absolute atomic E-state index is 0.0302. The van der Waals surface area contributed by atoms with Crippen LogP contribution in [0.3, 0.4) is 0 Å². The molecule has 30 heavy (non-hydrogen) atoms. The SMILES string of the molecule is COc1ncccc1NC(=O)N(c1ccccc1C(C)C)C1CCN(C(C)O)CC1. The van der Waals surface area contributed by atoms with E-state index in [1.807, 2.05) is 28.0 Å². The van der Waals surface area contributed by atoms with Crippen LogP contribution < -0.4 is 15.0 Å². The topological polar surface area (TPSA) is 77.9 Å². The molecule has 0 aliphatic carbocycles. The molecule has 0 spiro atoms. The number of aliphatic hydroxyl groups excluding tert-OH is 1. The number of hydrogen-bond acceptors (Lipinski definition) is 5.